The van der Waals surface area contributed by atoms with Gasteiger partial charge in [0.2, 0.25) is 0 Å². The zero-order chi connectivity index (χ0) is 13.9. The third-order valence-corrected chi connectivity index (χ3v) is 4.63. The quantitative estimate of drug-likeness (QED) is 0.897. The Morgan fingerprint density at radius 3 is 2.65 bits per heavy atom. The Morgan fingerprint density at radius 1 is 1.25 bits per heavy atom. The molecule has 2 fully saturated rings. The number of hydrogen-bond donors (Lipinski definition) is 1. The lowest BCUT2D eigenvalue weighted by atomic mass is 9.81. The normalized spacial score (nSPS) is 27.5. The van der Waals surface area contributed by atoms with Crippen LogP contribution >= 0.6 is 0 Å². The van der Waals surface area contributed by atoms with Crippen LogP contribution in [0.1, 0.15) is 68.6 Å². The predicted molar refractivity (Wildman–Crippen MR) is 75.7 cm³/mol. The fraction of sp³-hybridized carbons (Fsp3) is 0.867. The number of rotatable bonds is 5. The lowest BCUT2D eigenvalue weighted by molar-refractivity contribution is 0.0687. The van der Waals surface area contributed by atoms with Crippen molar-refractivity contribution in [1.29, 1.82) is 0 Å². The van der Waals surface area contributed by atoms with Gasteiger partial charge in [-0.05, 0) is 25.7 Å². The first-order valence-electron chi connectivity index (χ1n) is 7.90. The first-order valence-corrected chi connectivity index (χ1v) is 7.90. The molecular formula is C15H25N3O2. The number of nitrogens with zero attached hydrogens (tertiary/aromatic N) is 3. The summed E-state index contributed by atoms with van der Waals surface area (Å²) in [6.45, 7) is 0.668. The van der Waals surface area contributed by atoms with E-state index in [1.807, 2.05) is 0 Å². The number of aromatic nitrogens is 3. The number of methoxy groups -OCH3 is 1. The van der Waals surface area contributed by atoms with Gasteiger partial charge in [0.25, 0.3) is 0 Å². The summed E-state index contributed by atoms with van der Waals surface area (Å²) in [5.41, 5.74) is 0. The summed E-state index contributed by atoms with van der Waals surface area (Å²) in [6, 6.07) is 0.514. The summed E-state index contributed by atoms with van der Waals surface area (Å²) in [4.78, 5) is 4.74. The zero-order valence-corrected chi connectivity index (χ0v) is 12.3. The highest BCUT2D eigenvalue weighted by Gasteiger charge is 2.34. The predicted octanol–water partition coefficient (Wildman–Crippen LogP) is 2.21. The van der Waals surface area contributed by atoms with Crippen LogP contribution in [0.25, 0.3) is 0 Å². The van der Waals surface area contributed by atoms with Crippen molar-refractivity contribution in [2.75, 3.05) is 13.7 Å². The van der Waals surface area contributed by atoms with E-state index < -0.39 is 0 Å². The molecule has 5 nitrogen and oxygen atoms in total. The van der Waals surface area contributed by atoms with Gasteiger partial charge in [0.05, 0.1) is 18.8 Å². The smallest absolute Gasteiger partial charge is 0.153 e. The van der Waals surface area contributed by atoms with Crippen molar-refractivity contribution in [2.24, 2.45) is 0 Å². The second-order valence-corrected chi connectivity index (χ2v) is 6.19. The molecular weight excluding hydrogens is 254 g/mol. The molecule has 1 aromatic heterocycles. The molecule has 0 unspecified atom stereocenters. The molecule has 112 valence electrons. The van der Waals surface area contributed by atoms with Crippen molar-refractivity contribution in [3.63, 3.8) is 0 Å². The van der Waals surface area contributed by atoms with Gasteiger partial charge in [-0.25, -0.2) is 9.67 Å². The van der Waals surface area contributed by atoms with E-state index in [9.17, 15) is 5.11 Å². The van der Waals surface area contributed by atoms with E-state index in [4.69, 9.17) is 14.8 Å². The summed E-state index contributed by atoms with van der Waals surface area (Å²) < 4.78 is 7.31. The number of hydrogen-bond acceptors (Lipinski definition) is 4. The minimum Gasteiger partial charge on any atom is -0.393 e. The third kappa shape index (κ3) is 2.88. The van der Waals surface area contributed by atoms with Crippen molar-refractivity contribution in [3.05, 3.63) is 11.6 Å². The SMILES string of the molecule is COCCc1nc(C2CC(O)C2)n(C2CCCCC2)n1. The molecule has 3 rings (SSSR count). The molecule has 0 amide bonds. The van der Waals surface area contributed by atoms with Crippen molar-refractivity contribution >= 4 is 0 Å². The summed E-state index contributed by atoms with van der Waals surface area (Å²) in [5.74, 6) is 2.40. The van der Waals surface area contributed by atoms with Crippen LogP contribution in [0.15, 0.2) is 0 Å². The lowest BCUT2D eigenvalue weighted by Gasteiger charge is -2.32. The fourth-order valence-corrected chi connectivity index (χ4v) is 3.35. The first-order chi connectivity index (χ1) is 9.78. The van der Waals surface area contributed by atoms with Gasteiger partial charge in [-0.15, -0.1) is 0 Å². The maximum Gasteiger partial charge on any atom is 0.153 e. The van der Waals surface area contributed by atoms with E-state index in [0.717, 1.165) is 30.9 Å². The van der Waals surface area contributed by atoms with Crippen molar-refractivity contribution < 1.29 is 9.84 Å². The minimum absolute atomic E-state index is 0.140. The fourth-order valence-electron chi connectivity index (χ4n) is 3.35. The number of aliphatic hydroxyl groups excluding tert-OH is 1. The van der Waals surface area contributed by atoms with Gasteiger partial charge in [-0.3, -0.25) is 0 Å². The van der Waals surface area contributed by atoms with Gasteiger partial charge in [-0.2, -0.15) is 5.10 Å². The molecule has 0 saturated heterocycles. The highest BCUT2D eigenvalue weighted by Crippen LogP contribution is 2.38. The summed E-state index contributed by atoms with van der Waals surface area (Å²) in [6.07, 6.45) is 8.70. The second kappa shape index (κ2) is 6.22. The van der Waals surface area contributed by atoms with Crippen molar-refractivity contribution in [1.82, 2.24) is 14.8 Å². The van der Waals surface area contributed by atoms with Crippen LogP contribution in [0.5, 0.6) is 0 Å². The molecule has 2 saturated carbocycles. The molecule has 5 heteroatoms. The molecule has 0 aliphatic heterocycles. The molecule has 0 bridgehead atoms. The molecule has 1 N–H and O–H groups in total. The van der Waals surface area contributed by atoms with Crippen LogP contribution in [0.2, 0.25) is 0 Å². The van der Waals surface area contributed by atoms with Gasteiger partial charge in [-0.1, -0.05) is 19.3 Å². The van der Waals surface area contributed by atoms with Crippen molar-refractivity contribution in [3.8, 4) is 0 Å². The maximum atomic E-state index is 9.55. The van der Waals surface area contributed by atoms with Crippen LogP contribution in [0, 0.1) is 0 Å². The largest absolute Gasteiger partial charge is 0.393 e. The lowest BCUT2D eigenvalue weighted by Crippen LogP contribution is -2.30. The third-order valence-electron chi connectivity index (χ3n) is 4.63. The molecule has 1 aromatic rings. The maximum absolute atomic E-state index is 9.55. The zero-order valence-electron chi connectivity index (χ0n) is 12.3. The van der Waals surface area contributed by atoms with Crippen LogP contribution in [-0.2, 0) is 11.2 Å². The van der Waals surface area contributed by atoms with Gasteiger partial charge in [0.15, 0.2) is 5.82 Å². The van der Waals surface area contributed by atoms with E-state index in [2.05, 4.69) is 4.68 Å². The molecule has 0 atom stereocenters. The average molecular weight is 279 g/mol. The highest BCUT2D eigenvalue weighted by molar-refractivity contribution is 5.08. The second-order valence-electron chi connectivity index (χ2n) is 6.19. The average Bonchev–Trinajstić information content (AvgIpc) is 2.86. The number of aliphatic hydroxyl groups is 1. The van der Waals surface area contributed by atoms with E-state index in [-0.39, 0.29) is 6.10 Å². The number of ether oxygens (including phenoxy) is 1. The summed E-state index contributed by atoms with van der Waals surface area (Å²) in [7, 11) is 1.71. The summed E-state index contributed by atoms with van der Waals surface area (Å²) in [5, 5.41) is 14.3. The van der Waals surface area contributed by atoms with E-state index in [1.165, 1.54) is 32.1 Å². The Balaban J connectivity index is 1.79. The molecule has 1 heterocycles. The van der Waals surface area contributed by atoms with E-state index in [0.29, 0.717) is 18.6 Å². The Labute approximate surface area is 120 Å². The first kappa shape index (κ1) is 14.0. The van der Waals surface area contributed by atoms with E-state index in [1.54, 1.807) is 7.11 Å². The molecule has 20 heavy (non-hydrogen) atoms. The van der Waals surface area contributed by atoms with Gasteiger partial charge in [0, 0.05) is 19.4 Å². The van der Waals surface area contributed by atoms with Crippen LogP contribution in [0.3, 0.4) is 0 Å². The monoisotopic (exact) mass is 279 g/mol. The van der Waals surface area contributed by atoms with Crippen LogP contribution in [-0.4, -0.2) is 39.7 Å². The van der Waals surface area contributed by atoms with Crippen LogP contribution < -0.4 is 0 Å². The van der Waals surface area contributed by atoms with E-state index >= 15 is 0 Å². The van der Waals surface area contributed by atoms with Gasteiger partial charge >= 0.3 is 0 Å². The molecule has 2 aliphatic rings. The molecule has 0 spiro atoms. The molecule has 2 aliphatic carbocycles. The minimum atomic E-state index is -0.140. The Kier molecular flexibility index (Phi) is 4.36. The molecule has 0 aromatic carbocycles. The highest BCUT2D eigenvalue weighted by atomic mass is 16.5. The van der Waals surface area contributed by atoms with Crippen LogP contribution in [0.4, 0.5) is 0 Å². The Bertz CT molecular complexity index is 434. The molecule has 0 radical (unpaired) electrons. The summed E-state index contributed by atoms with van der Waals surface area (Å²) >= 11 is 0. The van der Waals surface area contributed by atoms with Gasteiger partial charge < -0.3 is 9.84 Å². The standard InChI is InChI=1S/C15H25N3O2/c1-20-8-7-14-16-15(11-9-13(19)10-11)18(17-14)12-5-3-2-4-6-12/h11-13,19H,2-10H2,1H3. The Morgan fingerprint density at radius 2 is 2.00 bits per heavy atom. The Hall–Kier alpha value is -0.940. The van der Waals surface area contributed by atoms with Crippen molar-refractivity contribution in [2.45, 2.75) is 69.4 Å². The topological polar surface area (TPSA) is 60.2 Å². The van der Waals surface area contributed by atoms with Gasteiger partial charge in [0.1, 0.15) is 5.82 Å².